The van der Waals surface area contributed by atoms with Crippen LogP contribution in [0.2, 0.25) is 5.02 Å². The molecule has 0 saturated carbocycles. The molecule has 0 aliphatic carbocycles. The minimum atomic E-state index is 0.00819. The van der Waals surface area contributed by atoms with E-state index >= 15 is 0 Å². The Morgan fingerprint density at radius 2 is 2.10 bits per heavy atom. The number of amides is 1. The molecule has 3 nitrogen and oxygen atoms in total. The van der Waals surface area contributed by atoms with Gasteiger partial charge in [0.05, 0.1) is 13.0 Å². The number of nitrogens with one attached hydrogen (secondary N) is 1. The van der Waals surface area contributed by atoms with Gasteiger partial charge < -0.3 is 10.1 Å². The Hall–Kier alpha value is -2.00. The maximum Gasteiger partial charge on any atom is 0.224 e. The van der Waals surface area contributed by atoms with Crippen LogP contribution in [0.1, 0.15) is 16.7 Å². The third kappa shape index (κ3) is 3.56. The van der Waals surface area contributed by atoms with Crippen molar-refractivity contribution in [2.75, 3.05) is 6.61 Å². The molecule has 0 spiro atoms. The van der Waals surface area contributed by atoms with Gasteiger partial charge >= 0.3 is 0 Å². The van der Waals surface area contributed by atoms with E-state index in [1.807, 2.05) is 36.4 Å². The lowest BCUT2D eigenvalue weighted by Crippen LogP contribution is -2.24. The van der Waals surface area contributed by atoms with Gasteiger partial charge in [-0.2, -0.15) is 0 Å². The van der Waals surface area contributed by atoms with Gasteiger partial charge in [0.2, 0.25) is 5.91 Å². The maximum atomic E-state index is 12.0. The van der Waals surface area contributed by atoms with Crippen molar-refractivity contribution in [3.63, 3.8) is 0 Å². The fourth-order valence-electron chi connectivity index (χ4n) is 2.45. The summed E-state index contributed by atoms with van der Waals surface area (Å²) < 4.78 is 5.46. The smallest absolute Gasteiger partial charge is 0.224 e. The second kappa shape index (κ2) is 6.19. The molecular formula is C17H16ClNO2. The monoisotopic (exact) mass is 301 g/mol. The summed E-state index contributed by atoms with van der Waals surface area (Å²) in [4.78, 5) is 12.0. The minimum Gasteiger partial charge on any atom is -0.493 e. The highest BCUT2D eigenvalue weighted by molar-refractivity contribution is 6.30. The van der Waals surface area contributed by atoms with Crippen LogP contribution >= 0.6 is 11.6 Å². The minimum absolute atomic E-state index is 0.00819. The van der Waals surface area contributed by atoms with Gasteiger partial charge in [0, 0.05) is 18.0 Å². The highest BCUT2D eigenvalue weighted by Crippen LogP contribution is 2.25. The van der Waals surface area contributed by atoms with Crippen molar-refractivity contribution < 1.29 is 9.53 Å². The molecule has 0 saturated heterocycles. The molecule has 1 N–H and O–H groups in total. The fourth-order valence-corrected chi connectivity index (χ4v) is 2.66. The summed E-state index contributed by atoms with van der Waals surface area (Å²) in [5, 5.41) is 3.59. The van der Waals surface area contributed by atoms with Gasteiger partial charge in [0.1, 0.15) is 5.75 Å². The van der Waals surface area contributed by atoms with E-state index in [2.05, 4.69) is 11.4 Å². The first kappa shape index (κ1) is 14.0. The Kier molecular flexibility index (Phi) is 4.11. The van der Waals surface area contributed by atoms with E-state index in [1.165, 1.54) is 5.56 Å². The lowest BCUT2D eigenvalue weighted by Gasteiger charge is -2.07. The van der Waals surface area contributed by atoms with E-state index in [4.69, 9.17) is 16.3 Å². The zero-order valence-corrected chi connectivity index (χ0v) is 12.3. The number of ether oxygens (including phenoxy) is 1. The van der Waals surface area contributed by atoms with E-state index < -0.39 is 0 Å². The SMILES string of the molecule is O=C(Cc1ccc2c(c1)CCO2)NCc1cccc(Cl)c1. The number of fused-ring (bicyclic) bond motifs is 1. The molecule has 0 fully saturated rings. The van der Waals surface area contributed by atoms with Crippen molar-refractivity contribution in [3.8, 4) is 5.75 Å². The van der Waals surface area contributed by atoms with Crippen LogP contribution in [0.15, 0.2) is 42.5 Å². The number of carbonyl (C=O) groups is 1. The van der Waals surface area contributed by atoms with Crippen LogP contribution in [0.5, 0.6) is 5.75 Å². The summed E-state index contributed by atoms with van der Waals surface area (Å²) in [5.74, 6) is 0.951. The summed E-state index contributed by atoms with van der Waals surface area (Å²) >= 11 is 5.92. The summed E-state index contributed by atoms with van der Waals surface area (Å²) in [6, 6.07) is 13.4. The van der Waals surface area contributed by atoms with Crippen molar-refractivity contribution in [2.45, 2.75) is 19.4 Å². The van der Waals surface area contributed by atoms with Gasteiger partial charge in [-0.1, -0.05) is 35.9 Å². The molecule has 1 aliphatic rings. The second-order valence-corrected chi connectivity index (χ2v) is 5.56. The van der Waals surface area contributed by atoms with E-state index in [-0.39, 0.29) is 5.91 Å². The zero-order chi connectivity index (χ0) is 14.7. The molecule has 1 aliphatic heterocycles. The first-order chi connectivity index (χ1) is 10.2. The summed E-state index contributed by atoms with van der Waals surface area (Å²) in [7, 11) is 0. The number of hydrogen-bond donors (Lipinski definition) is 1. The van der Waals surface area contributed by atoms with Crippen molar-refractivity contribution in [1.29, 1.82) is 0 Å². The Balaban J connectivity index is 1.57. The Bertz CT molecular complexity index is 670. The molecule has 1 amide bonds. The average molecular weight is 302 g/mol. The van der Waals surface area contributed by atoms with Crippen LogP contribution < -0.4 is 10.1 Å². The van der Waals surface area contributed by atoms with Crippen LogP contribution in [-0.2, 0) is 24.2 Å². The standard InChI is InChI=1S/C17H16ClNO2/c18-15-3-1-2-13(9-15)11-19-17(20)10-12-4-5-16-14(8-12)6-7-21-16/h1-5,8-9H,6-7,10-11H2,(H,19,20). The molecule has 0 bridgehead atoms. The normalized spacial score (nSPS) is 12.6. The van der Waals surface area contributed by atoms with Gasteiger partial charge in [0.25, 0.3) is 0 Å². The highest BCUT2D eigenvalue weighted by atomic mass is 35.5. The first-order valence-corrected chi connectivity index (χ1v) is 7.34. The van der Waals surface area contributed by atoms with Gasteiger partial charge in [-0.3, -0.25) is 4.79 Å². The van der Waals surface area contributed by atoms with Crippen molar-refractivity contribution in [3.05, 3.63) is 64.2 Å². The lowest BCUT2D eigenvalue weighted by atomic mass is 10.1. The van der Waals surface area contributed by atoms with E-state index in [1.54, 1.807) is 0 Å². The Morgan fingerprint density at radius 1 is 1.19 bits per heavy atom. The molecule has 1 heterocycles. The molecule has 3 rings (SSSR count). The molecule has 0 unspecified atom stereocenters. The third-order valence-corrected chi connectivity index (χ3v) is 3.73. The van der Waals surface area contributed by atoms with Crippen LogP contribution in [0.3, 0.4) is 0 Å². The molecular weight excluding hydrogens is 286 g/mol. The summed E-state index contributed by atoms with van der Waals surface area (Å²) in [6.07, 6.45) is 1.31. The first-order valence-electron chi connectivity index (χ1n) is 6.96. The molecule has 0 atom stereocenters. The van der Waals surface area contributed by atoms with Crippen LogP contribution in [-0.4, -0.2) is 12.5 Å². The van der Waals surface area contributed by atoms with Crippen LogP contribution in [0.25, 0.3) is 0 Å². The summed E-state index contributed by atoms with van der Waals surface area (Å²) in [6.45, 7) is 1.23. The Labute approximate surface area is 128 Å². The quantitative estimate of drug-likeness (QED) is 0.942. The van der Waals surface area contributed by atoms with Gasteiger partial charge in [0.15, 0.2) is 0 Å². The third-order valence-electron chi connectivity index (χ3n) is 3.50. The van der Waals surface area contributed by atoms with Gasteiger partial charge in [-0.15, -0.1) is 0 Å². The van der Waals surface area contributed by atoms with Crippen molar-refractivity contribution in [1.82, 2.24) is 5.32 Å². The molecule has 108 valence electrons. The van der Waals surface area contributed by atoms with E-state index in [0.717, 1.165) is 29.9 Å². The predicted molar refractivity (Wildman–Crippen MR) is 82.6 cm³/mol. The molecule has 0 radical (unpaired) electrons. The molecule has 2 aromatic rings. The molecule has 2 aromatic carbocycles. The number of carbonyl (C=O) groups excluding carboxylic acids is 1. The molecule has 21 heavy (non-hydrogen) atoms. The van der Waals surface area contributed by atoms with Crippen molar-refractivity contribution >= 4 is 17.5 Å². The highest BCUT2D eigenvalue weighted by Gasteiger charge is 2.13. The van der Waals surface area contributed by atoms with Crippen molar-refractivity contribution in [2.24, 2.45) is 0 Å². The molecule has 0 aromatic heterocycles. The topological polar surface area (TPSA) is 38.3 Å². The maximum absolute atomic E-state index is 12.0. The number of benzene rings is 2. The van der Waals surface area contributed by atoms with Gasteiger partial charge in [-0.25, -0.2) is 0 Å². The predicted octanol–water partition coefficient (Wildman–Crippen LogP) is 3.13. The largest absolute Gasteiger partial charge is 0.493 e. The van der Waals surface area contributed by atoms with Gasteiger partial charge in [-0.05, 0) is 34.9 Å². The summed E-state index contributed by atoms with van der Waals surface area (Å²) in [5.41, 5.74) is 3.20. The number of hydrogen-bond acceptors (Lipinski definition) is 2. The average Bonchev–Trinajstić information content (AvgIpc) is 2.93. The number of halogens is 1. The zero-order valence-electron chi connectivity index (χ0n) is 11.6. The van der Waals surface area contributed by atoms with E-state index in [0.29, 0.717) is 18.0 Å². The molecule has 4 heteroatoms. The lowest BCUT2D eigenvalue weighted by molar-refractivity contribution is -0.120. The van der Waals surface area contributed by atoms with Crippen LogP contribution in [0.4, 0.5) is 0 Å². The van der Waals surface area contributed by atoms with E-state index in [9.17, 15) is 4.79 Å². The fraction of sp³-hybridized carbons (Fsp3) is 0.235. The van der Waals surface area contributed by atoms with Crippen LogP contribution in [0, 0.1) is 0 Å². The second-order valence-electron chi connectivity index (χ2n) is 5.12. The number of rotatable bonds is 4. The Morgan fingerprint density at radius 3 is 2.95 bits per heavy atom.